The highest BCUT2D eigenvalue weighted by atomic mass is 19.1. The average molecular weight is 446 g/mol. The molecule has 32 heavy (non-hydrogen) atoms. The molecule has 0 radical (unpaired) electrons. The maximum absolute atomic E-state index is 15.2. The second kappa shape index (κ2) is 9.94. The minimum atomic E-state index is -1.53. The normalized spacial score (nSPS) is 16.1. The number of hydrogen-bond donors (Lipinski definition) is 1. The molecular formula is C25H33F2N3O2. The number of carbonyl (C=O) groups excluding carboxylic acids is 1. The first-order chi connectivity index (χ1) is 15.1. The van der Waals surface area contributed by atoms with E-state index in [1.54, 1.807) is 23.1 Å². The number of aromatic nitrogens is 1. The molecule has 174 valence electrons. The van der Waals surface area contributed by atoms with Crippen molar-refractivity contribution < 1.29 is 18.3 Å². The number of pyridine rings is 1. The molecule has 1 saturated heterocycles. The quantitative estimate of drug-likeness (QED) is 0.607. The largest absolute Gasteiger partial charge is 0.476 e. The van der Waals surface area contributed by atoms with Gasteiger partial charge in [-0.3, -0.25) is 4.79 Å². The summed E-state index contributed by atoms with van der Waals surface area (Å²) < 4.78 is 34.7. The van der Waals surface area contributed by atoms with E-state index < -0.39 is 11.3 Å². The Labute approximate surface area is 189 Å². The van der Waals surface area contributed by atoms with Crippen LogP contribution in [0.5, 0.6) is 5.88 Å². The first-order valence-electron chi connectivity index (χ1n) is 11.1. The molecule has 0 aliphatic carbocycles. The van der Waals surface area contributed by atoms with Gasteiger partial charge in [-0.2, -0.15) is 0 Å². The maximum Gasteiger partial charge on any atom is 0.253 e. The Morgan fingerprint density at radius 2 is 1.91 bits per heavy atom. The summed E-state index contributed by atoms with van der Waals surface area (Å²) in [6.45, 7) is 8.64. The van der Waals surface area contributed by atoms with Crippen LogP contribution in [0.1, 0.15) is 53.9 Å². The summed E-state index contributed by atoms with van der Waals surface area (Å²) in [6, 6.07) is 10.7. The van der Waals surface area contributed by atoms with Crippen LogP contribution in [0.3, 0.4) is 0 Å². The van der Waals surface area contributed by atoms with Gasteiger partial charge in [-0.05, 0) is 57.0 Å². The molecule has 2 heterocycles. The van der Waals surface area contributed by atoms with Crippen LogP contribution in [0, 0.1) is 13.8 Å². The lowest BCUT2D eigenvalue weighted by Crippen LogP contribution is -2.49. The van der Waals surface area contributed by atoms with Gasteiger partial charge in [0.2, 0.25) is 5.88 Å². The van der Waals surface area contributed by atoms with Crippen molar-refractivity contribution >= 4 is 5.91 Å². The molecule has 0 unspecified atom stereocenters. The third-order valence-corrected chi connectivity index (χ3v) is 6.00. The Morgan fingerprint density at radius 1 is 1.19 bits per heavy atom. The minimum Gasteiger partial charge on any atom is -0.476 e. The lowest BCUT2D eigenvalue weighted by Gasteiger charge is -2.36. The number of piperidine rings is 1. The molecule has 1 amide bonds. The van der Waals surface area contributed by atoms with Gasteiger partial charge in [0, 0.05) is 50.7 Å². The highest BCUT2D eigenvalue weighted by molar-refractivity contribution is 5.94. The SMILES string of the molecule is Cc1ccc(C(=O)N2CCC(F)(CNCCOc3cccc(C(C)(C)F)n3)CC2)cc1C. The lowest BCUT2D eigenvalue weighted by atomic mass is 9.92. The third-order valence-electron chi connectivity index (χ3n) is 6.00. The average Bonchev–Trinajstić information content (AvgIpc) is 2.75. The lowest BCUT2D eigenvalue weighted by molar-refractivity contribution is 0.0433. The van der Waals surface area contributed by atoms with Gasteiger partial charge in [-0.25, -0.2) is 13.8 Å². The number of benzene rings is 1. The van der Waals surface area contributed by atoms with E-state index in [1.807, 2.05) is 32.0 Å². The van der Waals surface area contributed by atoms with Crippen molar-refractivity contribution in [1.29, 1.82) is 0 Å². The summed E-state index contributed by atoms with van der Waals surface area (Å²) in [4.78, 5) is 18.6. The van der Waals surface area contributed by atoms with E-state index >= 15 is 4.39 Å². The molecule has 1 aliphatic heterocycles. The van der Waals surface area contributed by atoms with Crippen LogP contribution in [0.4, 0.5) is 8.78 Å². The molecule has 7 heteroatoms. The van der Waals surface area contributed by atoms with E-state index in [2.05, 4.69) is 10.3 Å². The predicted octanol–water partition coefficient (Wildman–Crippen LogP) is 4.52. The Balaban J connectivity index is 1.40. The van der Waals surface area contributed by atoms with Gasteiger partial charge in [0.15, 0.2) is 0 Å². The number of nitrogens with zero attached hydrogens (tertiary/aromatic N) is 2. The number of hydrogen-bond acceptors (Lipinski definition) is 4. The summed E-state index contributed by atoms with van der Waals surface area (Å²) in [5, 5.41) is 3.09. The Bertz CT molecular complexity index is 935. The van der Waals surface area contributed by atoms with Gasteiger partial charge in [0.25, 0.3) is 5.91 Å². The Kier molecular flexibility index (Phi) is 7.49. The molecule has 1 fully saturated rings. The number of amides is 1. The molecule has 3 rings (SSSR count). The smallest absolute Gasteiger partial charge is 0.253 e. The van der Waals surface area contributed by atoms with Crippen molar-refractivity contribution in [1.82, 2.24) is 15.2 Å². The fraction of sp³-hybridized carbons (Fsp3) is 0.520. The molecule has 2 aromatic rings. The number of halogens is 2. The number of alkyl halides is 2. The van der Waals surface area contributed by atoms with Crippen LogP contribution >= 0.6 is 0 Å². The Morgan fingerprint density at radius 3 is 2.56 bits per heavy atom. The van der Waals surface area contributed by atoms with Gasteiger partial charge in [0.05, 0.1) is 5.69 Å². The number of nitrogens with one attached hydrogen (secondary N) is 1. The van der Waals surface area contributed by atoms with Crippen molar-refractivity contribution in [3.63, 3.8) is 0 Å². The van der Waals surface area contributed by atoms with Crippen LogP contribution < -0.4 is 10.1 Å². The van der Waals surface area contributed by atoms with Gasteiger partial charge in [-0.1, -0.05) is 12.1 Å². The van der Waals surface area contributed by atoms with Crippen LogP contribution in [0.15, 0.2) is 36.4 Å². The van der Waals surface area contributed by atoms with Gasteiger partial charge in [0.1, 0.15) is 17.9 Å². The number of rotatable bonds is 8. The monoisotopic (exact) mass is 445 g/mol. The highest BCUT2D eigenvalue weighted by Gasteiger charge is 2.35. The van der Waals surface area contributed by atoms with Crippen molar-refractivity contribution in [2.45, 2.75) is 51.9 Å². The van der Waals surface area contributed by atoms with Gasteiger partial charge >= 0.3 is 0 Å². The summed E-state index contributed by atoms with van der Waals surface area (Å²) in [5.74, 6) is 0.311. The van der Waals surface area contributed by atoms with Crippen molar-refractivity contribution in [3.8, 4) is 5.88 Å². The zero-order valence-electron chi connectivity index (χ0n) is 19.4. The van der Waals surface area contributed by atoms with Crippen LogP contribution in [0.2, 0.25) is 0 Å². The third kappa shape index (κ3) is 6.25. The van der Waals surface area contributed by atoms with E-state index in [0.717, 1.165) is 11.1 Å². The summed E-state index contributed by atoms with van der Waals surface area (Å²) in [6.07, 6.45) is 0.596. The number of ether oxygens (including phenoxy) is 1. The molecular weight excluding hydrogens is 412 g/mol. The summed E-state index contributed by atoms with van der Waals surface area (Å²) in [7, 11) is 0. The number of aryl methyl sites for hydroxylation is 2. The van der Waals surface area contributed by atoms with Crippen LogP contribution in [-0.4, -0.2) is 54.2 Å². The van der Waals surface area contributed by atoms with E-state index in [4.69, 9.17) is 4.74 Å². The maximum atomic E-state index is 15.2. The molecule has 1 aliphatic rings. The second-order valence-corrected chi connectivity index (χ2v) is 9.10. The summed E-state index contributed by atoms with van der Waals surface area (Å²) in [5.41, 5.74) is 0.307. The molecule has 0 saturated carbocycles. The fourth-order valence-electron chi connectivity index (χ4n) is 3.71. The molecule has 0 atom stereocenters. The zero-order valence-corrected chi connectivity index (χ0v) is 19.4. The number of carbonyl (C=O) groups is 1. The van der Waals surface area contributed by atoms with E-state index in [9.17, 15) is 9.18 Å². The van der Waals surface area contributed by atoms with Crippen molar-refractivity contribution in [3.05, 3.63) is 58.8 Å². The van der Waals surface area contributed by atoms with Crippen molar-refractivity contribution in [2.24, 2.45) is 0 Å². The first-order valence-corrected chi connectivity index (χ1v) is 11.1. The minimum absolute atomic E-state index is 0.0392. The predicted molar refractivity (Wildman–Crippen MR) is 122 cm³/mol. The fourth-order valence-corrected chi connectivity index (χ4v) is 3.71. The topological polar surface area (TPSA) is 54.5 Å². The molecule has 5 nitrogen and oxygen atoms in total. The summed E-state index contributed by atoms with van der Waals surface area (Å²) >= 11 is 0. The van der Waals surface area contributed by atoms with Crippen molar-refractivity contribution in [2.75, 3.05) is 32.8 Å². The highest BCUT2D eigenvalue weighted by Crippen LogP contribution is 2.27. The van der Waals surface area contributed by atoms with Crippen LogP contribution in [0.25, 0.3) is 0 Å². The second-order valence-electron chi connectivity index (χ2n) is 9.10. The van der Waals surface area contributed by atoms with Crippen LogP contribution in [-0.2, 0) is 5.67 Å². The van der Waals surface area contributed by atoms with E-state index in [-0.39, 0.29) is 12.5 Å². The van der Waals surface area contributed by atoms with E-state index in [1.165, 1.54) is 13.8 Å². The molecule has 1 N–H and O–H groups in total. The van der Waals surface area contributed by atoms with Gasteiger partial charge in [-0.15, -0.1) is 0 Å². The van der Waals surface area contributed by atoms with Gasteiger partial charge < -0.3 is 15.0 Å². The molecule has 0 bridgehead atoms. The molecule has 1 aromatic carbocycles. The van der Waals surface area contributed by atoms with E-state index in [0.29, 0.717) is 56.2 Å². The first kappa shape index (κ1) is 24.1. The molecule has 0 spiro atoms. The zero-order chi connectivity index (χ0) is 23.4. The molecule has 1 aromatic heterocycles. The Hall–Kier alpha value is -2.54. The number of likely N-dealkylation sites (tertiary alicyclic amines) is 1. The standard InChI is InChI=1S/C25H33F2N3O2/c1-18-8-9-20(16-19(18)2)23(31)30-13-10-25(27,11-14-30)17-28-12-15-32-22-7-5-6-21(29-22)24(3,4)26/h5-9,16,28H,10-15,17H2,1-4H3.